The van der Waals surface area contributed by atoms with Crippen LogP contribution in [0.4, 0.5) is 0 Å². The molecule has 0 aliphatic heterocycles. The van der Waals surface area contributed by atoms with Gasteiger partial charge in [0.1, 0.15) is 6.61 Å². The largest absolute Gasteiger partial charge is 0.458 e. The minimum Gasteiger partial charge on any atom is -0.458 e. The van der Waals surface area contributed by atoms with E-state index in [-0.39, 0.29) is 6.61 Å². The highest BCUT2D eigenvalue weighted by molar-refractivity contribution is 6.30. The first kappa shape index (κ1) is 11.1. The van der Waals surface area contributed by atoms with Crippen LogP contribution < -0.4 is 0 Å². The Hall–Kier alpha value is -0.990. The van der Waals surface area contributed by atoms with Crippen LogP contribution in [0.25, 0.3) is 0 Å². The van der Waals surface area contributed by atoms with E-state index < -0.39 is 5.97 Å². The van der Waals surface area contributed by atoms with Crippen LogP contribution in [0.3, 0.4) is 0 Å². The lowest BCUT2D eigenvalue weighted by Crippen LogP contribution is -2.04. The highest BCUT2D eigenvalue weighted by Gasteiger charge is 2.04. The molecule has 1 aromatic carbocycles. The van der Waals surface area contributed by atoms with Gasteiger partial charge in [-0.3, -0.25) is 0 Å². The molecule has 0 aliphatic rings. The van der Waals surface area contributed by atoms with Crippen LogP contribution in [0.1, 0.15) is 10.4 Å². The molecule has 0 N–H and O–H groups in total. The zero-order valence-corrected chi connectivity index (χ0v) is 8.76. The molecule has 0 fully saturated rings. The molecular weight excluding hydrogens is 223 g/mol. The molecule has 0 aromatic heterocycles. The van der Waals surface area contributed by atoms with Gasteiger partial charge in [-0.25, -0.2) is 4.79 Å². The van der Waals surface area contributed by atoms with Gasteiger partial charge in [-0.15, -0.1) is 0 Å². The third-order valence-corrected chi connectivity index (χ3v) is 1.91. The number of benzene rings is 1. The summed E-state index contributed by atoms with van der Waals surface area (Å²) in [6.07, 6.45) is 1.54. The summed E-state index contributed by atoms with van der Waals surface area (Å²) in [7, 11) is 0. The number of hydrogen-bond donors (Lipinski definition) is 0. The third-order valence-electron chi connectivity index (χ3n) is 1.48. The van der Waals surface area contributed by atoms with Crippen molar-refractivity contribution in [3.8, 4) is 0 Å². The van der Waals surface area contributed by atoms with Crippen LogP contribution in [0, 0.1) is 0 Å². The van der Waals surface area contributed by atoms with Crippen molar-refractivity contribution in [2.24, 2.45) is 0 Å². The Morgan fingerprint density at radius 2 is 2.00 bits per heavy atom. The molecule has 0 atom stereocenters. The highest BCUT2D eigenvalue weighted by Crippen LogP contribution is 2.10. The topological polar surface area (TPSA) is 26.3 Å². The Kier molecular flexibility index (Phi) is 4.50. The molecule has 0 unspecified atom stereocenters. The van der Waals surface area contributed by atoms with Crippen molar-refractivity contribution in [3.05, 3.63) is 46.5 Å². The first-order valence-corrected chi connectivity index (χ1v) is 4.73. The van der Waals surface area contributed by atoms with E-state index in [2.05, 4.69) is 0 Å². The van der Waals surface area contributed by atoms with Crippen LogP contribution in [-0.2, 0) is 4.74 Å². The van der Waals surface area contributed by atoms with E-state index >= 15 is 0 Å². The molecule has 0 spiro atoms. The number of esters is 1. The van der Waals surface area contributed by atoms with Gasteiger partial charge in [-0.2, -0.15) is 0 Å². The molecule has 4 heteroatoms. The second kappa shape index (κ2) is 5.68. The zero-order valence-electron chi connectivity index (χ0n) is 7.24. The number of carbonyl (C=O) groups is 1. The summed E-state index contributed by atoms with van der Waals surface area (Å²) in [5.74, 6) is -0.392. The second-order valence-corrected chi connectivity index (χ2v) is 3.16. The van der Waals surface area contributed by atoms with Gasteiger partial charge in [-0.05, 0) is 30.3 Å². The molecule has 1 rings (SSSR count). The van der Waals surface area contributed by atoms with E-state index in [0.717, 1.165) is 0 Å². The van der Waals surface area contributed by atoms with Crippen molar-refractivity contribution in [2.45, 2.75) is 0 Å². The number of rotatable bonds is 3. The molecule has 0 aliphatic carbocycles. The summed E-state index contributed by atoms with van der Waals surface area (Å²) >= 11 is 10.9. The van der Waals surface area contributed by atoms with Crippen molar-refractivity contribution in [1.29, 1.82) is 0 Å². The molecule has 0 radical (unpaired) electrons. The van der Waals surface area contributed by atoms with Crippen molar-refractivity contribution >= 4 is 29.2 Å². The fourth-order valence-corrected chi connectivity index (χ4v) is 1.03. The first-order valence-electron chi connectivity index (χ1n) is 3.92. The Morgan fingerprint density at radius 1 is 1.36 bits per heavy atom. The summed E-state index contributed by atoms with van der Waals surface area (Å²) in [5, 5.41) is 0.585. The van der Waals surface area contributed by atoms with Gasteiger partial charge >= 0.3 is 5.97 Å². The van der Waals surface area contributed by atoms with E-state index in [4.69, 9.17) is 27.9 Å². The molecule has 0 amide bonds. The minimum atomic E-state index is -0.392. The normalized spacial score (nSPS) is 10.4. The molecule has 2 nitrogen and oxygen atoms in total. The van der Waals surface area contributed by atoms with E-state index in [0.29, 0.717) is 10.6 Å². The van der Waals surface area contributed by atoms with E-state index in [1.807, 2.05) is 0 Å². The van der Waals surface area contributed by atoms with Crippen LogP contribution in [0.2, 0.25) is 5.02 Å². The molecule has 0 saturated carbocycles. The maximum Gasteiger partial charge on any atom is 0.338 e. The van der Waals surface area contributed by atoms with Crippen molar-refractivity contribution in [1.82, 2.24) is 0 Å². The molecule has 1 aromatic rings. The Balaban J connectivity index is 2.56. The van der Waals surface area contributed by atoms with Gasteiger partial charge in [-0.1, -0.05) is 23.2 Å². The van der Waals surface area contributed by atoms with Crippen LogP contribution in [0.15, 0.2) is 35.9 Å². The average Bonchev–Trinajstić information content (AvgIpc) is 2.19. The van der Waals surface area contributed by atoms with Gasteiger partial charge in [0.2, 0.25) is 0 Å². The first-order chi connectivity index (χ1) is 6.74. The summed E-state index contributed by atoms with van der Waals surface area (Å²) in [4.78, 5) is 11.3. The van der Waals surface area contributed by atoms with Crippen molar-refractivity contribution < 1.29 is 9.53 Å². The van der Waals surface area contributed by atoms with Gasteiger partial charge in [0.15, 0.2) is 0 Å². The number of carbonyl (C=O) groups excluding carboxylic acids is 1. The smallest absolute Gasteiger partial charge is 0.338 e. The fourth-order valence-electron chi connectivity index (χ4n) is 0.829. The van der Waals surface area contributed by atoms with Gasteiger partial charge in [0.05, 0.1) is 5.56 Å². The summed E-state index contributed by atoms with van der Waals surface area (Å²) in [6.45, 7) is 0.172. The van der Waals surface area contributed by atoms with E-state index in [9.17, 15) is 4.79 Å². The lowest BCUT2D eigenvalue weighted by Gasteiger charge is -2.00. The standard InChI is InChI=1S/C10H8Cl2O2/c11-6-1-7-14-10(13)8-2-4-9(12)5-3-8/h1-6H,7H2/b6-1+. The molecule has 0 bridgehead atoms. The predicted octanol–water partition coefficient (Wildman–Crippen LogP) is 3.25. The SMILES string of the molecule is O=C(OC/C=C/Cl)c1ccc(Cl)cc1. The van der Waals surface area contributed by atoms with E-state index in [1.165, 1.54) is 11.6 Å². The maximum absolute atomic E-state index is 11.3. The summed E-state index contributed by atoms with van der Waals surface area (Å²) in [5.41, 5.74) is 1.77. The zero-order chi connectivity index (χ0) is 10.4. The number of halogens is 2. The molecule has 0 saturated heterocycles. The van der Waals surface area contributed by atoms with Crippen LogP contribution in [-0.4, -0.2) is 12.6 Å². The van der Waals surface area contributed by atoms with Crippen molar-refractivity contribution in [3.63, 3.8) is 0 Å². The number of ether oxygens (including phenoxy) is 1. The molecule has 14 heavy (non-hydrogen) atoms. The summed E-state index contributed by atoms with van der Waals surface area (Å²) < 4.78 is 4.86. The number of hydrogen-bond acceptors (Lipinski definition) is 2. The Labute approximate surface area is 92.1 Å². The molecule has 0 heterocycles. The maximum atomic E-state index is 11.3. The summed E-state index contributed by atoms with van der Waals surface area (Å²) in [6, 6.07) is 6.48. The average molecular weight is 231 g/mol. The highest BCUT2D eigenvalue weighted by atomic mass is 35.5. The second-order valence-electron chi connectivity index (χ2n) is 2.47. The predicted molar refractivity (Wildman–Crippen MR) is 56.7 cm³/mol. The minimum absolute atomic E-state index is 0.172. The quantitative estimate of drug-likeness (QED) is 0.746. The Morgan fingerprint density at radius 3 is 2.57 bits per heavy atom. The lowest BCUT2D eigenvalue weighted by molar-refractivity contribution is 0.0549. The Bertz CT molecular complexity index is 330. The van der Waals surface area contributed by atoms with Gasteiger partial charge in [0, 0.05) is 10.6 Å². The third kappa shape index (κ3) is 3.40. The molecular formula is C10H8Cl2O2. The molecule has 74 valence electrons. The van der Waals surface area contributed by atoms with Crippen molar-refractivity contribution in [2.75, 3.05) is 6.61 Å². The monoisotopic (exact) mass is 230 g/mol. The van der Waals surface area contributed by atoms with Crippen LogP contribution in [0.5, 0.6) is 0 Å². The van der Waals surface area contributed by atoms with E-state index in [1.54, 1.807) is 24.3 Å². The van der Waals surface area contributed by atoms with Crippen LogP contribution >= 0.6 is 23.2 Å². The van der Waals surface area contributed by atoms with Gasteiger partial charge < -0.3 is 4.74 Å². The lowest BCUT2D eigenvalue weighted by atomic mass is 10.2. The van der Waals surface area contributed by atoms with Gasteiger partial charge in [0.25, 0.3) is 0 Å². The fraction of sp³-hybridized carbons (Fsp3) is 0.100.